The van der Waals surface area contributed by atoms with E-state index in [0.29, 0.717) is 23.7 Å². The van der Waals surface area contributed by atoms with Crippen molar-refractivity contribution in [2.75, 3.05) is 0 Å². The van der Waals surface area contributed by atoms with E-state index in [4.69, 9.17) is 4.74 Å². The molecule has 0 spiro atoms. The van der Waals surface area contributed by atoms with E-state index < -0.39 is 6.10 Å². The Morgan fingerprint density at radius 3 is 3.00 bits per heavy atom. The highest BCUT2D eigenvalue weighted by molar-refractivity contribution is 5.37. The van der Waals surface area contributed by atoms with E-state index in [0.717, 1.165) is 12.8 Å². The molecule has 1 aliphatic rings. The third-order valence-corrected chi connectivity index (χ3v) is 3.44. The first-order valence-electron chi connectivity index (χ1n) is 6.26. The summed E-state index contributed by atoms with van der Waals surface area (Å²) in [5, 5.41) is 10.0. The van der Waals surface area contributed by atoms with Crippen molar-refractivity contribution in [3.8, 4) is 5.75 Å². The average molecular weight is 238 g/mol. The van der Waals surface area contributed by atoms with Crippen molar-refractivity contribution < 1.29 is 14.2 Å². The van der Waals surface area contributed by atoms with Gasteiger partial charge in [0.05, 0.1) is 6.10 Å². The quantitative estimate of drug-likeness (QED) is 0.874. The number of aliphatic hydroxyl groups is 1. The maximum atomic E-state index is 13.1. The maximum absolute atomic E-state index is 13.1. The Morgan fingerprint density at radius 1 is 1.53 bits per heavy atom. The molecular formula is C14H19FO2. The van der Waals surface area contributed by atoms with Gasteiger partial charge in [-0.1, -0.05) is 20.3 Å². The number of aliphatic hydroxyl groups excluding tert-OH is 1. The van der Waals surface area contributed by atoms with Crippen LogP contribution in [0.4, 0.5) is 4.39 Å². The third kappa shape index (κ3) is 2.60. The molecule has 17 heavy (non-hydrogen) atoms. The first-order chi connectivity index (χ1) is 8.11. The molecular weight excluding hydrogens is 219 g/mol. The van der Waals surface area contributed by atoms with Gasteiger partial charge in [0.1, 0.15) is 17.7 Å². The van der Waals surface area contributed by atoms with E-state index in [1.165, 1.54) is 12.1 Å². The third-order valence-electron chi connectivity index (χ3n) is 3.44. The van der Waals surface area contributed by atoms with Gasteiger partial charge in [-0.15, -0.1) is 0 Å². The highest BCUT2D eigenvalue weighted by Crippen LogP contribution is 2.37. The molecule has 2 nitrogen and oxygen atoms in total. The minimum absolute atomic E-state index is 0.0305. The van der Waals surface area contributed by atoms with Gasteiger partial charge in [0.15, 0.2) is 0 Å². The fraction of sp³-hybridized carbons (Fsp3) is 0.571. The van der Waals surface area contributed by atoms with Crippen LogP contribution >= 0.6 is 0 Å². The van der Waals surface area contributed by atoms with Gasteiger partial charge in [-0.3, -0.25) is 0 Å². The second-order valence-electron chi connectivity index (χ2n) is 4.86. The smallest absolute Gasteiger partial charge is 0.125 e. The highest BCUT2D eigenvalue weighted by Gasteiger charge is 2.30. The van der Waals surface area contributed by atoms with E-state index in [9.17, 15) is 9.50 Å². The summed E-state index contributed by atoms with van der Waals surface area (Å²) in [7, 11) is 0. The van der Waals surface area contributed by atoms with Crippen molar-refractivity contribution in [3.05, 3.63) is 29.6 Å². The summed E-state index contributed by atoms with van der Waals surface area (Å²) >= 11 is 0. The lowest BCUT2D eigenvalue weighted by Gasteiger charge is -2.33. The van der Waals surface area contributed by atoms with Crippen LogP contribution < -0.4 is 4.74 Å². The van der Waals surface area contributed by atoms with Gasteiger partial charge in [0.25, 0.3) is 0 Å². The molecule has 2 rings (SSSR count). The number of rotatable bonds is 3. The molecule has 3 heteroatoms. The van der Waals surface area contributed by atoms with Crippen molar-refractivity contribution >= 4 is 0 Å². The zero-order chi connectivity index (χ0) is 12.4. The van der Waals surface area contributed by atoms with E-state index in [1.807, 2.05) is 0 Å². The summed E-state index contributed by atoms with van der Waals surface area (Å²) in [4.78, 5) is 0. The summed E-state index contributed by atoms with van der Waals surface area (Å²) in [6, 6.07) is 4.35. The molecule has 1 N–H and O–H groups in total. The van der Waals surface area contributed by atoms with Gasteiger partial charge in [-0.05, 0) is 30.5 Å². The highest BCUT2D eigenvalue weighted by atomic mass is 19.1. The lowest BCUT2D eigenvalue weighted by Crippen LogP contribution is -2.31. The minimum Gasteiger partial charge on any atom is -0.490 e. The first kappa shape index (κ1) is 12.4. The number of ether oxygens (including phenoxy) is 1. The van der Waals surface area contributed by atoms with E-state index in [2.05, 4.69) is 13.8 Å². The Bertz CT molecular complexity index is 392. The van der Waals surface area contributed by atoms with Crippen LogP contribution in [-0.2, 0) is 0 Å². The molecule has 3 atom stereocenters. The maximum Gasteiger partial charge on any atom is 0.125 e. The Kier molecular flexibility index (Phi) is 3.67. The predicted octanol–water partition coefficient (Wildman–Crippen LogP) is 3.45. The Hall–Kier alpha value is -1.09. The van der Waals surface area contributed by atoms with Gasteiger partial charge in [0.2, 0.25) is 0 Å². The van der Waals surface area contributed by atoms with Crippen LogP contribution in [0.25, 0.3) is 0 Å². The molecule has 0 fully saturated rings. The van der Waals surface area contributed by atoms with Gasteiger partial charge in [-0.25, -0.2) is 4.39 Å². The number of benzene rings is 1. The topological polar surface area (TPSA) is 29.5 Å². The fourth-order valence-electron chi connectivity index (χ4n) is 2.43. The molecule has 94 valence electrons. The number of hydrogen-bond acceptors (Lipinski definition) is 2. The van der Waals surface area contributed by atoms with Gasteiger partial charge in [-0.2, -0.15) is 0 Å². The second kappa shape index (κ2) is 5.05. The van der Waals surface area contributed by atoms with E-state index in [1.54, 1.807) is 6.07 Å². The van der Waals surface area contributed by atoms with Crippen LogP contribution in [-0.4, -0.2) is 11.2 Å². The van der Waals surface area contributed by atoms with Crippen molar-refractivity contribution in [2.24, 2.45) is 5.92 Å². The Balaban J connectivity index is 2.18. The molecule has 0 amide bonds. The fourth-order valence-corrected chi connectivity index (χ4v) is 2.43. The van der Waals surface area contributed by atoms with Crippen LogP contribution in [0, 0.1) is 11.7 Å². The summed E-state index contributed by atoms with van der Waals surface area (Å²) in [6.07, 6.45) is 2.15. The molecule has 1 aliphatic heterocycles. The van der Waals surface area contributed by atoms with Crippen molar-refractivity contribution in [2.45, 2.75) is 45.3 Å². The molecule has 0 radical (unpaired) electrons. The molecule has 0 saturated heterocycles. The largest absolute Gasteiger partial charge is 0.490 e. The number of hydrogen-bond donors (Lipinski definition) is 1. The number of halogens is 1. The van der Waals surface area contributed by atoms with Crippen LogP contribution in [0.2, 0.25) is 0 Å². The SMILES string of the molecule is CCCC(C)C1C[C@H](O)c2cc(F)ccc2O1. The monoisotopic (exact) mass is 238 g/mol. The Morgan fingerprint density at radius 2 is 2.29 bits per heavy atom. The van der Waals surface area contributed by atoms with Crippen molar-refractivity contribution in [1.82, 2.24) is 0 Å². The van der Waals surface area contributed by atoms with Crippen LogP contribution in [0.3, 0.4) is 0 Å². The van der Waals surface area contributed by atoms with Crippen LogP contribution in [0.5, 0.6) is 5.75 Å². The van der Waals surface area contributed by atoms with E-state index >= 15 is 0 Å². The van der Waals surface area contributed by atoms with Crippen molar-refractivity contribution in [1.29, 1.82) is 0 Å². The molecule has 1 heterocycles. The number of fused-ring (bicyclic) bond motifs is 1. The standard InChI is InChI=1S/C14H19FO2/c1-3-4-9(2)14-8-12(16)11-7-10(15)5-6-13(11)17-14/h5-7,9,12,14,16H,3-4,8H2,1-2H3/t9?,12-,14?/m0/s1. The molecule has 1 aromatic rings. The van der Waals surface area contributed by atoms with Gasteiger partial charge >= 0.3 is 0 Å². The predicted molar refractivity (Wildman–Crippen MR) is 64.5 cm³/mol. The Labute approximate surface area is 101 Å². The molecule has 2 unspecified atom stereocenters. The van der Waals surface area contributed by atoms with E-state index in [-0.39, 0.29) is 11.9 Å². The molecule has 0 aromatic heterocycles. The van der Waals surface area contributed by atoms with Crippen LogP contribution in [0.15, 0.2) is 18.2 Å². The van der Waals surface area contributed by atoms with Crippen LogP contribution in [0.1, 0.15) is 44.8 Å². The van der Waals surface area contributed by atoms with Crippen molar-refractivity contribution in [3.63, 3.8) is 0 Å². The van der Waals surface area contributed by atoms with Gasteiger partial charge in [0, 0.05) is 12.0 Å². The summed E-state index contributed by atoms with van der Waals surface area (Å²) < 4.78 is 18.9. The zero-order valence-corrected chi connectivity index (χ0v) is 10.3. The second-order valence-corrected chi connectivity index (χ2v) is 4.86. The first-order valence-corrected chi connectivity index (χ1v) is 6.26. The normalized spacial score (nSPS) is 24.9. The minimum atomic E-state index is -0.612. The average Bonchev–Trinajstić information content (AvgIpc) is 2.30. The molecule has 0 bridgehead atoms. The molecule has 0 aliphatic carbocycles. The van der Waals surface area contributed by atoms with Gasteiger partial charge < -0.3 is 9.84 Å². The summed E-state index contributed by atoms with van der Waals surface area (Å²) in [5.41, 5.74) is 0.574. The molecule has 0 saturated carbocycles. The molecule has 1 aromatic carbocycles. The lowest BCUT2D eigenvalue weighted by atomic mass is 9.90. The summed E-state index contributed by atoms with van der Waals surface area (Å²) in [6.45, 7) is 4.27. The lowest BCUT2D eigenvalue weighted by molar-refractivity contribution is 0.0358. The summed E-state index contributed by atoms with van der Waals surface area (Å²) in [5.74, 6) is 0.706. The zero-order valence-electron chi connectivity index (χ0n) is 10.3.